The number of ketones is 2. The zero-order chi connectivity index (χ0) is 53.1. The number of rotatable bonds is 19. The molecule has 8 rings (SSSR count). The number of nitrogens with zero attached hydrogens (tertiary/aromatic N) is 4. The zero-order valence-corrected chi connectivity index (χ0v) is 46.5. The molecule has 2 amide bonds. The zero-order valence-electron chi connectivity index (χ0n) is 43.5. The number of carbonyl (C=O) groups is 4. The van der Waals surface area contributed by atoms with Crippen molar-refractivity contribution in [2.45, 2.75) is 153 Å². The van der Waals surface area contributed by atoms with Crippen molar-refractivity contribution in [2.24, 2.45) is 11.7 Å². The predicted octanol–water partition coefficient (Wildman–Crippen LogP) is 10.1. The van der Waals surface area contributed by atoms with E-state index in [9.17, 15) is 24.3 Å². The van der Waals surface area contributed by atoms with E-state index in [1.54, 1.807) is 23.1 Å². The molecule has 0 radical (unpaired) electrons. The molecule has 15 heteroatoms. The van der Waals surface area contributed by atoms with Crippen LogP contribution in [0.5, 0.6) is 0 Å². The minimum absolute atomic E-state index is 0.0269. The molecule has 8 atom stereocenters. The van der Waals surface area contributed by atoms with Gasteiger partial charge in [0.2, 0.25) is 11.8 Å². The number of hydrogen-bond acceptors (Lipinski definition) is 9. The fourth-order valence-corrected chi connectivity index (χ4v) is 11.9. The van der Waals surface area contributed by atoms with Crippen molar-refractivity contribution in [1.29, 1.82) is 0 Å². The van der Waals surface area contributed by atoms with Gasteiger partial charge in [0.25, 0.3) is 0 Å². The van der Waals surface area contributed by atoms with E-state index in [1.807, 2.05) is 68.1 Å². The number of halogens is 4. The molecule has 4 heterocycles. The average molecular weight is 1090 g/mol. The Balaban J connectivity index is 0.000000217. The Morgan fingerprint density at radius 1 is 0.635 bits per heavy atom. The number of Topliss-reactive ketones (excluding diaryl/α,β-unsaturated/α-hetero) is 2. The number of benzene rings is 4. The number of amides is 2. The van der Waals surface area contributed by atoms with Gasteiger partial charge in [0.05, 0.1) is 51.0 Å². The number of nitrogens with two attached hydrogens (primary N) is 1. The van der Waals surface area contributed by atoms with Gasteiger partial charge in [-0.1, -0.05) is 126 Å². The lowest BCUT2D eigenvalue weighted by atomic mass is 10.00. The Morgan fingerprint density at radius 3 is 1.57 bits per heavy atom. The number of carbonyl (C=O) groups excluding carboxylic acids is 4. The van der Waals surface area contributed by atoms with Crippen LogP contribution in [0.15, 0.2) is 97.1 Å². The molecule has 3 N–H and O–H groups in total. The lowest BCUT2D eigenvalue weighted by molar-refractivity contribution is -0.146. The summed E-state index contributed by atoms with van der Waals surface area (Å²) >= 11 is 24.3. The van der Waals surface area contributed by atoms with Crippen LogP contribution in [-0.2, 0) is 49.6 Å². The molecule has 0 spiro atoms. The quantitative estimate of drug-likeness (QED) is 0.0941. The molecule has 74 heavy (non-hydrogen) atoms. The Kier molecular flexibility index (Phi) is 21.0. The number of ether oxygens (including phenoxy) is 1. The average Bonchev–Trinajstić information content (AvgIpc) is 3.91. The van der Waals surface area contributed by atoms with Crippen molar-refractivity contribution < 1.29 is 29.0 Å². The maximum atomic E-state index is 14.1. The predicted molar refractivity (Wildman–Crippen MR) is 297 cm³/mol. The summed E-state index contributed by atoms with van der Waals surface area (Å²) in [6.45, 7) is 10.6. The highest BCUT2D eigenvalue weighted by Crippen LogP contribution is 2.34. The fourth-order valence-electron chi connectivity index (χ4n) is 11.3. The minimum atomic E-state index is -0.850. The topological polar surface area (TPSA) is 137 Å². The highest BCUT2D eigenvalue weighted by atomic mass is 35.5. The first kappa shape index (κ1) is 57.8. The van der Waals surface area contributed by atoms with Crippen LogP contribution < -0.4 is 5.73 Å². The molecular weight excluding hydrogens is 1020 g/mol. The molecule has 0 bridgehead atoms. The maximum Gasteiger partial charge on any atom is 0.240 e. The summed E-state index contributed by atoms with van der Waals surface area (Å²) in [6, 6.07) is 30.1. The first-order valence-electron chi connectivity index (χ1n) is 26.5. The molecule has 0 aromatic heterocycles. The second-order valence-corrected chi connectivity index (χ2v) is 23.5. The molecule has 4 aromatic carbocycles. The first-order valence-corrected chi connectivity index (χ1v) is 28.0. The molecule has 11 nitrogen and oxygen atoms in total. The number of aliphatic hydroxyl groups excluding tert-OH is 1. The van der Waals surface area contributed by atoms with Crippen LogP contribution in [0.1, 0.15) is 101 Å². The summed E-state index contributed by atoms with van der Waals surface area (Å²) in [4.78, 5) is 62.7. The van der Waals surface area contributed by atoms with E-state index in [-0.39, 0.29) is 67.2 Å². The number of fused-ring (bicyclic) bond motifs is 2. The lowest BCUT2D eigenvalue weighted by Crippen LogP contribution is -2.53. The molecule has 0 aliphatic carbocycles. The van der Waals surface area contributed by atoms with E-state index in [0.29, 0.717) is 77.4 Å². The second kappa shape index (κ2) is 26.9. The monoisotopic (exact) mass is 1090 g/mol. The Labute approximate surface area is 459 Å². The van der Waals surface area contributed by atoms with Crippen molar-refractivity contribution in [3.63, 3.8) is 0 Å². The van der Waals surface area contributed by atoms with Crippen LogP contribution in [0.25, 0.3) is 0 Å². The summed E-state index contributed by atoms with van der Waals surface area (Å²) in [7, 11) is 0. The van der Waals surface area contributed by atoms with Gasteiger partial charge in [-0.25, -0.2) is 0 Å². The lowest BCUT2D eigenvalue weighted by Gasteiger charge is -2.34. The largest absolute Gasteiger partial charge is 0.394 e. The van der Waals surface area contributed by atoms with Crippen molar-refractivity contribution in [3.8, 4) is 0 Å². The van der Waals surface area contributed by atoms with E-state index in [4.69, 9.17) is 56.9 Å². The summed E-state index contributed by atoms with van der Waals surface area (Å²) < 4.78 is 6.14. The molecule has 400 valence electrons. The normalized spacial score (nSPS) is 23.3. The first-order chi connectivity index (χ1) is 35.4. The molecule has 4 aliphatic rings. The van der Waals surface area contributed by atoms with Crippen LogP contribution in [0.4, 0.5) is 0 Å². The summed E-state index contributed by atoms with van der Waals surface area (Å²) in [5, 5.41) is 12.0. The summed E-state index contributed by atoms with van der Waals surface area (Å²) in [6.07, 6.45) is 8.36. The van der Waals surface area contributed by atoms with Crippen LogP contribution in [0.2, 0.25) is 20.1 Å². The van der Waals surface area contributed by atoms with E-state index >= 15 is 0 Å². The van der Waals surface area contributed by atoms with E-state index in [1.165, 1.54) is 11.1 Å². The highest BCUT2D eigenvalue weighted by Gasteiger charge is 2.47. The van der Waals surface area contributed by atoms with Crippen molar-refractivity contribution >= 4 is 69.8 Å². The second-order valence-electron chi connectivity index (χ2n) is 21.8. The van der Waals surface area contributed by atoms with E-state index in [2.05, 4.69) is 53.1 Å². The highest BCUT2D eigenvalue weighted by molar-refractivity contribution is 6.42. The van der Waals surface area contributed by atoms with Crippen LogP contribution in [0, 0.1) is 5.92 Å². The summed E-state index contributed by atoms with van der Waals surface area (Å²) in [5.74, 6) is 0.310. The van der Waals surface area contributed by atoms with Crippen LogP contribution >= 0.6 is 46.4 Å². The van der Waals surface area contributed by atoms with Gasteiger partial charge in [-0.2, -0.15) is 0 Å². The van der Waals surface area contributed by atoms with Crippen molar-refractivity contribution in [1.82, 2.24) is 19.6 Å². The standard InChI is InChI=1S/C32H42Cl2N2O3.C27H33Cl2N3O3/c1-22-18-28-31(38)35(17-16-25(36(28)20-22)13-10-23-8-6-5-7-9-23)29(21-39-32(2,3)4)30(37)15-12-24-11-14-26(33)27(34)19-24;28-22-10-7-19(14-23(22)29)8-11-26(34)25(17-33)31-13-12-21(9-6-18-4-2-1-3-5-18)32-16-20(30)15-24(32)27(31)35/h5-9,11,14,19,22,25,28-29H,10,12-13,15-18,20-21H2,1-4H3;1-5,7,10,14,20-21,24-25,33H,6,8-9,11-13,15-17,30H2/t22-,25?,28+,29-;20-,21?,24+,25-/m11/s1. The molecule has 4 saturated heterocycles. The van der Waals surface area contributed by atoms with Gasteiger partial charge < -0.3 is 25.4 Å². The third-order valence-electron chi connectivity index (χ3n) is 15.3. The number of aryl methyl sites for hydroxylation is 4. The van der Waals surface area contributed by atoms with Crippen LogP contribution in [-0.4, -0.2) is 135 Å². The third-order valence-corrected chi connectivity index (χ3v) is 16.7. The fraction of sp³-hybridized carbons (Fsp3) is 0.525. The van der Waals surface area contributed by atoms with Crippen molar-refractivity contribution in [2.75, 3.05) is 39.4 Å². The van der Waals surface area contributed by atoms with E-state index < -0.39 is 17.7 Å². The number of hydrogen-bond donors (Lipinski definition) is 2. The molecule has 4 aromatic rings. The third kappa shape index (κ3) is 15.6. The van der Waals surface area contributed by atoms with Gasteiger partial charge in [0.1, 0.15) is 12.1 Å². The Morgan fingerprint density at radius 2 is 1.09 bits per heavy atom. The van der Waals surface area contributed by atoms with Gasteiger partial charge in [-0.15, -0.1) is 0 Å². The van der Waals surface area contributed by atoms with Gasteiger partial charge >= 0.3 is 0 Å². The maximum absolute atomic E-state index is 14.1. The number of aliphatic hydroxyl groups is 1. The van der Waals surface area contributed by atoms with Gasteiger partial charge in [0.15, 0.2) is 11.6 Å². The molecular formula is C59H75Cl4N5O6. The molecule has 4 fully saturated rings. The Hall–Kier alpha value is -3.88. The smallest absolute Gasteiger partial charge is 0.240 e. The molecule has 0 saturated carbocycles. The SMILES string of the molecule is C[C@@H]1C[C@H]2C(=O)N([C@H](COC(C)(C)C)C(=O)CCc3ccc(Cl)c(Cl)c3)CCC(CCc3ccccc3)N2C1.N[C@@H]1C[C@H]2C(=O)N([C@H](CO)C(=O)CCc3ccc(Cl)c(Cl)c3)CCC(CCc3ccccc3)N2C1. The van der Waals surface area contributed by atoms with Gasteiger partial charge in [-0.05, 0) is 137 Å². The van der Waals surface area contributed by atoms with Gasteiger partial charge in [0, 0.05) is 57.1 Å². The van der Waals surface area contributed by atoms with E-state index in [0.717, 1.165) is 62.6 Å². The Bertz CT molecular complexity index is 2510. The van der Waals surface area contributed by atoms with Crippen LogP contribution in [0.3, 0.4) is 0 Å². The molecule has 4 aliphatic heterocycles. The molecule has 2 unspecified atom stereocenters. The summed E-state index contributed by atoms with van der Waals surface area (Å²) in [5.41, 5.74) is 10.3. The van der Waals surface area contributed by atoms with Gasteiger partial charge in [-0.3, -0.25) is 29.0 Å². The van der Waals surface area contributed by atoms with Crippen molar-refractivity contribution in [3.05, 3.63) is 139 Å². The minimum Gasteiger partial charge on any atom is -0.394 e.